The Morgan fingerprint density at radius 1 is 1.33 bits per heavy atom. The first-order chi connectivity index (χ1) is 8.81. The number of halogens is 1. The van der Waals surface area contributed by atoms with Crippen molar-refractivity contribution < 1.29 is 0 Å². The van der Waals surface area contributed by atoms with E-state index in [2.05, 4.69) is 16.9 Å². The highest BCUT2D eigenvalue weighted by molar-refractivity contribution is 7.10. The molecular weight excluding hydrogens is 284 g/mol. The summed E-state index contributed by atoms with van der Waals surface area (Å²) in [6.07, 6.45) is 3.62. The highest BCUT2D eigenvalue weighted by Crippen LogP contribution is 2.44. The van der Waals surface area contributed by atoms with Gasteiger partial charge in [0.15, 0.2) is 0 Å². The molecule has 5 heteroatoms. The Balaban J connectivity index is 1.97. The van der Waals surface area contributed by atoms with Crippen LogP contribution in [0.4, 0.5) is 0 Å². The highest BCUT2D eigenvalue weighted by atomic mass is 35.5. The van der Waals surface area contributed by atoms with Crippen LogP contribution in [0, 0.1) is 0 Å². The number of fused-ring (bicyclic) bond motifs is 1. The number of thiophene rings is 2. The zero-order chi connectivity index (χ0) is 12.5. The summed E-state index contributed by atoms with van der Waals surface area (Å²) in [6, 6.07) is 4.32. The minimum atomic E-state index is 0.131. The third-order valence-corrected chi connectivity index (χ3v) is 6.05. The van der Waals surface area contributed by atoms with Gasteiger partial charge in [0, 0.05) is 15.7 Å². The van der Waals surface area contributed by atoms with Crippen LogP contribution in [0.25, 0.3) is 0 Å². The van der Waals surface area contributed by atoms with Crippen LogP contribution in [-0.2, 0) is 6.42 Å². The summed E-state index contributed by atoms with van der Waals surface area (Å²) >= 11 is 9.79. The first-order valence-electron chi connectivity index (χ1n) is 6.06. The second kappa shape index (κ2) is 5.31. The van der Waals surface area contributed by atoms with Gasteiger partial charge in [-0.3, -0.25) is 11.3 Å². The summed E-state index contributed by atoms with van der Waals surface area (Å²) in [4.78, 5) is 2.67. The molecule has 2 atom stereocenters. The molecule has 0 saturated carbocycles. The maximum atomic E-state index is 6.25. The number of aryl methyl sites for hydroxylation is 1. The molecule has 0 radical (unpaired) electrons. The van der Waals surface area contributed by atoms with Gasteiger partial charge < -0.3 is 0 Å². The zero-order valence-corrected chi connectivity index (χ0v) is 12.2. The van der Waals surface area contributed by atoms with Gasteiger partial charge in [0.1, 0.15) is 0 Å². The Morgan fingerprint density at radius 2 is 2.17 bits per heavy atom. The molecule has 2 heterocycles. The third kappa shape index (κ3) is 2.12. The van der Waals surface area contributed by atoms with Gasteiger partial charge in [-0.1, -0.05) is 11.6 Å². The van der Waals surface area contributed by atoms with E-state index in [1.165, 1.54) is 29.7 Å². The van der Waals surface area contributed by atoms with E-state index < -0.39 is 0 Å². The Bertz CT molecular complexity index is 535. The van der Waals surface area contributed by atoms with Crippen molar-refractivity contribution in [1.82, 2.24) is 5.43 Å². The maximum absolute atomic E-state index is 6.25. The van der Waals surface area contributed by atoms with Crippen molar-refractivity contribution in [2.45, 2.75) is 31.2 Å². The van der Waals surface area contributed by atoms with E-state index in [1.54, 1.807) is 11.3 Å². The normalized spacial score (nSPS) is 20.7. The highest BCUT2D eigenvalue weighted by Gasteiger charge is 2.30. The fraction of sp³-hybridized carbons (Fsp3) is 0.385. The summed E-state index contributed by atoms with van der Waals surface area (Å²) in [5.41, 5.74) is 4.43. The Labute approximate surface area is 120 Å². The molecule has 3 N–H and O–H groups in total. The monoisotopic (exact) mass is 298 g/mol. The molecule has 2 aromatic rings. The van der Waals surface area contributed by atoms with Crippen molar-refractivity contribution >= 4 is 34.3 Å². The number of nitrogens with two attached hydrogens (primary N) is 1. The molecule has 0 aliphatic heterocycles. The quantitative estimate of drug-likeness (QED) is 0.662. The van der Waals surface area contributed by atoms with E-state index in [0.717, 1.165) is 9.90 Å². The maximum Gasteiger partial charge on any atom is 0.0637 e. The van der Waals surface area contributed by atoms with E-state index in [4.69, 9.17) is 17.4 Å². The average molecular weight is 299 g/mol. The molecule has 3 rings (SSSR count). The first kappa shape index (κ1) is 12.6. The molecule has 96 valence electrons. The van der Waals surface area contributed by atoms with Crippen LogP contribution < -0.4 is 11.3 Å². The Morgan fingerprint density at radius 3 is 2.89 bits per heavy atom. The SMILES string of the molecule is NNC(c1sccc1Cl)C1CCCc2sccc21. The molecule has 2 nitrogen and oxygen atoms in total. The van der Waals surface area contributed by atoms with E-state index in [1.807, 2.05) is 22.8 Å². The second-order valence-corrected chi connectivity index (χ2v) is 6.93. The third-order valence-electron chi connectivity index (χ3n) is 3.61. The minimum absolute atomic E-state index is 0.131. The zero-order valence-electron chi connectivity index (χ0n) is 9.86. The van der Waals surface area contributed by atoms with Crippen molar-refractivity contribution in [3.05, 3.63) is 43.2 Å². The van der Waals surface area contributed by atoms with Crippen LogP contribution in [0.3, 0.4) is 0 Å². The molecule has 0 spiro atoms. The lowest BCUT2D eigenvalue weighted by Crippen LogP contribution is -2.33. The summed E-state index contributed by atoms with van der Waals surface area (Å²) in [6.45, 7) is 0. The van der Waals surface area contributed by atoms with E-state index in [0.29, 0.717) is 5.92 Å². The minimum Gasteiger partial charge on any atom is -0.271 e. The van der Waals surface area contributed by atoms with Gasteiger partial charge in [-0.05, 0) is 47.7 Å². The Hall–Kier alpha value is -0.390. The van der Waals surface area contributed by atoms with Gasteiger partial charge in [-0.25, -0.2) is 0 Å². The summed E-state index contributed by atoms with van der Waals surface area (Å²) < 4.78 is 0. The van der Waals surface area contributed by atoms with Crippen LogP contribution in [0.2, 0.25) is 5.02 Å². The smallest absolute Gasteiger partial charge is 0.0637 e. The van der Waals surface area contributed by atoms with Gasteiger partial charge >= 0.3 is 0 Å². The molecule has 0 saturated heterocycles. The molecule has 0 bridgehead atoms. The molecule has 2 aromatic heterocycles. The van der Waals surface area contributed by atoms with Crippen LogP contribution in [0.5, 0.6) is 0 Å². The summed E-state index contributed by atoms with van der Waals surface area (Å²) in [5, 5.41) is 5.04. The standard InChI is InChI=1S/C13H15ClN2S2/c14-10-5-7-18-13(10)12(16-15)9-2-1-3-11-8(9)4-6-17-11/h4-7,9,12,16H,1-3,15H2. The predicted octanol–water partition coefficient (Wildman–Crippen LogP) is 4.09. The van der Waals surface area contributed by atoms with Crippen molar-refractivity contribution in [1.29, 1.82) is 0 Å². The van der Waals surface area contributed by atoms with Crippen LogP contribution in [0.1, 0.15) is 40.1 Å². The van der Waals surface area contributed by atoms with E-state index in [9.17, 15) is 0 Å². The van der Waals surface area contributed by atoms with Crippen LogP contribution >= 0.6 is 34.3 Å². The van der Waals surface area contributed by atoms with Crippen molar-refractivity contribution in [2.75, 3.05) is 0 Å². The molecule has 1 aliphatic carbocycles. The molecular formula is C13H15ClN2S2. The predicted molar refractivity (Wildman–Crippen MR) is 79.4 cm³/mol. The molecule has 0 aromatic carbocycles. The molecule has 1 aliphatic rings. The molecule has 18 heavy (non-hydrogen) atoms. The van der Waals surface area contributed by atoms with E-state index >= 15 is 0 Å². The van der Waals surface area contributed by atoms with Gasteiger partial charge in [0.25, 0.3) is 0 Å². The van der Waals surface area contributed by atoms with Crippen molar-refractivity contribution in [3.8, 4) is 0 Å². The number of rotatable bonds is 3. The first-order valence-corrected chi connectivity index (χ1v) is 8.20. The van der Waals surface area contributed by atoms with Gasteiger partial charge in [-0.15, -0.1) is 22.7 Å². The molecule has 2 unspecified atom stereocenters. The number of hydrogen-bond acceptors (Lipinski definition) is 4. The van der Waals surface area contributed by atoms with Crippen LogP contribution in [-0.4, -0.2) is 0 Å². The lowest BCUT2D eigenvalue weighted by molar-refractivity contribution is 0.416. The van der Waals surface area contributed by atoms with Gasteiger partial charge in [0.2, 0.25) is 0 Å². The molecule has 0 fully saturated rings. The second-order valence-electron chi connectivity index (χ2n) is 4.57. The van der Waals surface area contributed by atoms with Crippen LogP contribution in [0.15, 0.2) is 22.9 Å². The largest absolute Gasteiger partial charge is 0.271 e. The fourth-order valence-electron chi connectivity index (χ4n) is 2.77. The number of hydrazine groups is 1. The Kier molecular flexibility index (Phi) is 3.73. The summed E-state index contributed by atoms with van der Waals surface area (Å²) in [5.74, 6) is 6.24. The summed E-state index contributed by atoms with van der Waals surface area (Å²) in [7, 11) is 0. The number of nitrogens with one attached hydrogen (secondary N) is 1. The van der Waals surface area contributed by atoms with E-state index in [-0.39, 0.29) is 6.04 Å². The van der Waals surface area contributed by atoms with Gasteiger partial charge in [-0.2, -0.15) is 0 Å². The lowest BCUT2D eigenvalue weighted by atomic mass is 9.82. The fourth-order valence-corrected chi connectivity index (χ4v) is 5.07. The van der Waals surface area contributed by atoms with Crippen molar-refractivity contribution in [2.24, 2.45) is 5.84 Å². The topological polar surface area (TPSA) is 38.0 Å². The van der Waals surface area contributed by atoms with Crippen molar-refractivity contribution in [3.63, 3.8) is 0 Å². The average Bonchev–Trinajstić information content (AvgIpc) is 3.00. The van der Waals surface area contributed by atoms with Gasteiger partial charge in [0.05, 0.1) is 11.1 Å². The lowest BCUT2D eigenvalue weighted by Gasteiger charge is -2.30. The molecule has 0 amide bonds. The number of hydrogen-bond donors (Lipinski definition) is 2.